The van der Waals surface area contributed by atoms with Gasteiger partial charge in [-0.1, -0.05) is 0 Å². The van der Waals surface area contributed by atoms with Gasteiger partial charge < -0.3 is 10.2 Å². The highest BCUT2D eigenvalue weighted by Crippen LogP contribution is 2.14. The maximum Gasteiger partial charge on any atom is 0.256 e. The summed E-state index contributed by atoms with van der Waals surface area (Å²) in [6, 6.07) is 1.73. The third-order valence-electron chi connectivity index (χ3n) is 2.89. The highest BCUT2D eigenvalue weighted by molar-refractivity contribution is 5.94. The second-order valence-corrected chi connectivity index (χ2v) is 3.88. The molecule has 1 aromatic heterocycles. The van der Waals surface area contributed by atoms with Crippen molar-refractivity contribution in [2.24, 2.45) is 0 Å². The van der Waals surface area contributed by atoms with E-state index in [4.69, 9.17) is 0 Å². The topological polar surface area (TPSA) is 45.2 Å². The molecule has 2 heterocycles. The zero-order chi connectivity index (χ0) is 11.5. The van der Waals surface area contributed by atoms with Gasteiger partial charge in [0.2, 0.25) is 0 Å². The molecule has 5 heteroatoms. The van der Waals surface area contributed by atoms with Gasteiger partial charge in [0, 0.05) is 25.3 Å². The van der Waals surface area contributed by atoms with Crippen LogP contribution in [0.3, 0.4) is 0 Å². The molecule has 1 aliphatic heterocycles. The Morgan fingerprint density at radius 2 is 2.50 bits per heavy atom. The predicted octanol–water partition coefficient (Wildman–Crippen LogP) is 0.655. The number of likely N-dealkylation sites (tertiary alicyclic amines) is 1. The van der Waals surface area contributed by atoms with Crippen molar-refractivity contribution in [3.05, 3.63) is 29.8 Å². The minimum Gasteiger partial charge on any atom is -0.337 e. The fourth-order valence-corrected chi connectivity index (χ4v) is 1.90. The summed E-state index contributed by atoms with van der Waals surface area (Å²) in [6.45, 7) is 1.31. The van der Waals surface area contributed by atoms with Gasteiger partial charge in [0.25, 0.3) is 5.91 Å². The molecule has 0 saturated carbocycles. The first kappa shape index (κ1) is 11.0. The maximum absolute atomic E-state index is 13.3. The van der Waals surface area contributed by atoms with E-state index in [1.165, 1.54) is 12.3 Å². The molecule has 86 valence electrons. The van der Waals surface area contributed by atoms with Gasteiger partial charge in [0.05, 0.1) is 11.8 Å². The number of likely N-dealkylation sites (N-methyl/N-ethyl adjacent to an activating group) is 1. The Kier molecular flexibility index (Phi) is 3.14. The van der Waals surface area contributed by atoms with Gasteiger partial charge in [0.1, 0.15) is 0 Å². The molecule has 2 rings (SSSR count). The van der Waals surface area contributed by atoms with Crippen LogP contribution in [-0.2, 0) is 0 Å². The zero-order valence-electron chi connectivity index (χ0n) is 9.11. The first-order valence-corrected chi connectivity index (χ1v) is 5.28. The largest absolute Gasteiger partial charge is 0.337 e. The number of nitrogens with one attached hydrogen (secondary N) is 1. The van der Waals surface area contributed by atoms with E-state index in [1.807, 2.05) is 7.05 Å². The number of hydrogen-bond donors (Lipinski definition) is 1. The first-order valence-electron chi connectivity index (χ1n) is 5.28. The first-order chi connectivity index (χ1) is 7.72. The van der Waals surface area contributed by atoms with Gasteiger partial charge in [-0.3, -0.25) is 9.78 Å². The van der Waals surface area contributed by atoms with Crippen LogP contribution in [0.2, 0.25) is 0 Å². The Balaban J connectivity index is 2.12. The average molecular weight is 223 g/mol. The molecule has 4 nitrogen and oxygen atoms in total. The minimum atomic E-state index is -0.555. The van der Waals surface area contributed by atoms with Crippen molar-refractivity contribution in [3.63, 3.8) is 0 Å². The average Bonchev–Trinajstić information content (AvgIpc) is 2.77. The normalized spacial score (nSPS) is 20.1. The van der Waals surface area contributed by atoms with Gasteiger partial charge in [-0.15, -0.1) is 0 Å². The predicted molar refractivity (Wildman–Crippen MR) is 57.6 cm³/mol. The lowest BCUT2D eigenvalue weighted by Crippen LogP contribution is -2.33. The summed E-state index contributed by atoms with van der Waals surface area (Å²) in [7, 11) is 1.87. The van der Waals surface area contributed by atoms with E-state index in [-0.39, 0.29) is 11.5 Å². The number of amides is 1. The molecule has 1 aliphatic rings. The van der Waals surface area contributed by atoms with E-state index in [1.54, 1.807) is 4.90 Å². The lowest BCUT2D eigenvalue weighted by molar-refractivity contribution is 0.0785. The monoisotopic (exact) mass is 223 g/mol. The lowest BCUT2D eigenvalue weighted by Gasteiger charge is -2.16. The molecule has 0 aromatic carbocycles. The van der Waals surface area contributed by atoms with E-state index in [0.717, 1.165) is 12.6 Å². The number of carbonyl (C=O) groups is 1. The summed E-state index contributed by atoms with van der Waals surface area (Å²) in [5.41, 5.74) is 0.103. The number of nitrogens with zero attached hydrogens (tertiary/aromatic N) is 2. The van der Waals surface area contributed by atoms with Crippen LogP contribution in [-0.4, -0.2) is 42.0 Å². The third-order valence-corrected chi connectivity index (χ3v) is 2.89. The van der Waals surface area contributed by atoms with E-state index >= 15 is 0 Å². The molecular weight excluding hydrogens is 209 g/mol. The minimum absolute atomic E-state index is 0.103. The Morgan fingerprint density at radius 3 is 3.12 bits per heavy atom. The van der Waals surface area contributed by atoms with Crippen LogP contribution in [0, 0.1) is 5.82 Å². The van der Waals surface area contributed by atoms with Gasteiger partial charge in [-0.25, -0.2) is 4.39 Å². The van der Waals surface area contributed by atoms with Crippen LogP contribution in [0.25, 0.3) is 0 Å². The van der Waals surface area contributed by atoms with Crippen LogP contribution in [0.1, 0.15) is 16.8 Å². The van der Waals surface area contributed by atoms with E-state index < -0.39 is 5.82 Å². The highest BCUT2D eigenvalue weighted by atomic mass is 19.1. The number of rotatable bonds is 2. The quantitative estimate of drug-likeness (QED) is 0.801. The number of halogens is 1. The summed E-state index contributed by atoms with van der Waals surface area (Å²) in [6.07, 6.45) is 3.41. The molecule has 16 heavy (non-hydrogen) atoms. The molecule has 1 unspecified atom stereocenters. The number of hydrogen-bond acceptors (Lipinski definition) is 3. The molecule has 1 amide bonds. The molecule has 1 N–H and O–H groups in total. The maximum atomic E-state index is 13.3. The SMILES string of the molecule is CNC1CCN(C(=O)c2ccncc2F)C1. The van der Waals surface area contributed by atoms with Gasteiger partial charge in [-0.2, -0.15) is 0 Å². The summed E-state index contributed by atoms with van der Waals surface area (Å²) in [5.74, 6) is -0.807. The summed E-state index contributed by atoms with van der Waals surface area (Å²) in [4.78, 5) is 17.3. The molecule has 0 spiro atoms. The van der Waals surface area contributed by atoms with E-state index in [2.05, 4.69) is 10.3 Å². The van der Waals surface area contributed by atoms with Crippen LogP contribution < -0.4 is 5.32 Å². The smallest absolute Gasteiger partial charge is 0.256 e. The van der Waals surface area contributed by atoms with Gasteiger partial charge in [0.15, 0.2) is 5.82 Å². The Hall–Kier alpha value is -1.49. The van der Waals surface area contributed by atoms with Gasteiger partial charge >= 0.3 is 0 Å². The van der Waals surface area contributed by atoms with Crippen molar-refractivity contribution < 1.29 is 9.18 Å². The molecule has 0 aliphatic carbocycles. The van der Waals surface area contributed by atoms with Crippen LogP contribution >= 0.6 is 0 Å². The Bertz CT molecular complexity index is 397. The summed E-state index contributed by atoms with van der Waals surface area (Å²) >= 11 is 0. The molecule has 1 saturated heterocycles. The Morgan fingerprint density at radius 1 is 1.69 bits per heavy atom. The number of carbonyl (C=O) groups excluding carboxylic acids is 1. The Labute approximate surface area is 93.5 Å². The fourth-order valence-electron chi connectivity index (χ4n) is 1.90. The van der Waals surface area contributed by atoms with Crippen molar-refractivity contribution >= 4 is 5.91 Å². The fraction of sp³-hybridized carbons (Fsp3) is 0.455. The van der Waals surface area contributed by atoms with E-state index in [9.17, 15) is 9.18 Å². The molecule has 1 aromatic rings. The molecule has 1 atom stereocenters. The van der Waals surface area contributed by atoms with Crippen LogP contribution in [0.15, 0.2) is 18.5 Å². The zero-order valence-corrected chi connectivity index (χ0v) is 9.11. The van der Waals surface area contributed by atoms with Crippen molar-refractivity contribution in [1.82, 2.24) is 15.2 Å². The second kappa shape index (κ2) is 4.57. The number of pyridine rings is 1. The molecule has 1 fully saturated rings. The van der Waals surface area contributed by atoms with Crippen LogP contribution in [0.5, 0.6) is 0 Å². The van der Waals surface area contributed by atoms with Crippen molar-refractivity contribution in [2.45, 2.75) is 12.5 Å². The highest BCUT2D eigenvalue weighted by Gasteiger charge is 2.27. The summed E-state index contributed by atoms with van der Waals surface area (Å²) < 4.78 is 13.3. The molecule has 0 bridgehead atoms. The van der Waals surface area contributed by atoms with E-state index in [0.29, 0.717) is 19.1 Å². The summed E-state index contributed by atoms with van der Waals surface area (Å²) in [5, 5.41) is 3.11. The molecule has 0 radical (unpaired) electrons. The second-order valence-electron chi connectivity index (χ2n) is 3.88. The lowest BCUT2D eigenvalue weighted by atomic mass is 10.2. The standard InChI is InChI=1S/C11H14FN3O/c1-13-8-3-5-15(7-8)11(16)9-2-4-14-6-10(9)12/h2,4,6,8,13H,3,5,7H2,1H3. The van der Waals surface area contributed by atoms with Crippen molar-refractivity contribution in [1.29, 1.82) is 0 Å². The van der Waals surface area contributed by atoms with Crippen LogP contribution in [0.4, 0.5) is 4.39 Å². The van der Waals surface area contributed by atoms with Gasteiger partial charge in [-0.05, 0) is 19.5 Å². The van der Waals surface area contributed by atoms with Crippen molar-refractivity contribution in [2.75, 3.05) is 20.1 Å². The molecular formula is C11H14FN3O. The third kappa shape index (κ3) is 2.04. The number of aromatic nitrogens is 1. The van der Waals surface area contributed by atoms with Crippen molar-refractivity contribution in [3.8, 4) is 0 Å².